The quantitative estimate of drug-likeness (QED) is 0.419. The monoisotopic (exact) mass is 274 g/mol. The molecule has 0 aromatic carbocycles. The fraction of sp³-hybridized carbons (Fsp3) is 0.600. The molecule has 1 saturated carbocycles. The van der Waals surface area contributed by atoms with Crippen LogP contribution in [0.5, 0.6) is 0 Å². The highest BCUT2D eigenvalue weighted by molar-refractivity contribution is 5.91. The fourth-order valence-corrected chi connectivity index (χ4v) is 1.75. The van der Waals surface area contributed by atoms with E-state index in [-0.39, 0.29) is 12.8 Å². The van der Waals surface area contributed by atoms with Crippen LogP contribution >= 0.6 is 0 Å². The summed E-state index contributed by atoms with van der Waals surface area (Å²) in [6.45, 7) is 1.22. The van der Waals surface area contributed by atoms with Crippen molar-refractivity contribution in [2.24, 2.45) is 5.92 Å². The van der Waals surface area contributed by atoms with E-state index in [1.807, 2.05) is 5.32 Å². The molecule has 5 N–H and O–H groups in total. The second-order valence-electron chi connectivity index (χ2n) is 4.43. The molecule has 0 radical (unpaired) electrons. The standard InChI is InChI=1S/C10H14N2O7/c1-4(7(15)16)11-9(19)12-10(8(17)18)3-5(10)2-6(13)14/h4-5H,2-3H2,1H3,(H,13,14)(H,15,16)(H,17,18)(H2,11,12,19)/t4-,5+,10?/m0/s1. The van der Waals surface area contributed by atoms with E-state index in [4.69, 9.17) is 15.3 Å². The van der Waals surface area contributed by atoms with Crippen molar-refractivity contribution in [3.63, 3.8) is 0 Å². The van der Waals surface area contributed by atoms with E-state index in [0.717, 1.165) is 0 Å². The van der Waals surface area contributed by atoms with Gasteiger partial charge in [0.1, 0.15) is 11.6 Å². The second kappa shape index (κ2) is 5.12. The lowest BCUT2D eigenvalue weighted by atomic mass is 10.1. The maximum atomic E-state index is 11.5. The average molecular weight is 274 g/mol. The Balaban J connectivity index is 2.62. The third kappa shape index (κ3) is 3.33. The van der Waals surface area contributed by atoms with Crippen molar-refractivity contribution in [2.75, 3.05) is 0 Å². The Morgan fingerprint density at radius 3 is 2.26 bits per heavy atom. The molecule has 1 aliphatic carbocycles. The van der Waals surface area contributed by atoms with E-state index < -0.39 is 41.4 Å². The summed E-state index contributed by atoms with van der Waals surface area (Å²) >= 11 is 0. The molecule has 0 heterocycles. The minimum absolute atomic E-state index is 0.00348. The maximum absolute atomic E-state index is 11.5. The van der Waals surface area contributed by atoms with Crippen molar-refractivity contribution in [3.05, 3.63) is 0 Å². The lowest BCUT2D eigenvalue weighted by Gasteiger charge is -2.16. The normalized spacial score (nSPS) is 26.1. The number of nitrogens with one attached hydrogen (secondary N) is 2. The highest BCUT2D eigenvalue weighted by Gasteiger charge is 2.62. The zero-order valence-electron chi connectivity index (χ0n) is 10.0. The molecule has 9 nitrogen and oxygen atoms in total. The molecule has 0 aromatic rings. The summed E-state index contributed by atoms with van der Waals surface area (Å²) in [7, 11) is 0. The van der Waals surface area contributed by atoms with Gasteiger partial charge in [-0.15, -0.1) is 0 Å². The first-order valence-corrected chi connectivity index (χ1v) is 5.45. The average Bonchev–Trinajstić information content (AvgIpc) is 2.90. The van der Waals surface area contributed by atoms with Crippen LogP contribution in [0.15, 0.2) is 0 Å². The number of carboxylic acid groups (broad SMARTS) is 3. The molecule has 1 unspecified atom stereocenters. The zero-order chi connectivity index (χ0) is 14.8. The molecule has 0 saturated heterocycles. The Morgan fingerprint density at radius 2 is 1.84 bits per heavy atom. The number of carbonyl (C=O) groups excluding carboxylic acids is 1. The van der Waals surface area contributed by atoms with Gasteiger partial charge < -0.3 is 26.0 Å². The topological polar surface area (TPSA) is 153 Å². The van der Waals surface area contributed by atoms with E-state index in [2.05, 4.69) is 5.32 Å². The summed E-state index contributed by atoms with van der Waals surface area (Å²) in [5, 5.41) is 30.4. The van der Waals surface area contributed by atoms with Crippen LogP contribution < -0.4 is 10.6 Å². The van der Waals surface area contributed by atoms with Crippen LogP contribution in [0.1, 0.15) is 19.8 Å². The van der Waals surface area contributed by atoms with Crippen LogP contribution in [0, 0.1) is 5.92 Å². The van der Waals surface area contributed by atoms with Gasteiger partial charge in [-0.05, 0) is 13.3 Å². The van der Waals surface area contributed by atoms with Gasteiger partial charge in [-0.1, -0.05) is 0 Å². The Kier molecular flexibility index (Phi) is 3.98. The van der Waals surface area contributed by atoms with Crippen LogP contribution in [-0.4, -0.2) is 50.8 Å². The van der Waals surface area contributed by atoms with Crippen LogP contribution in [0.4, 0.5) is 4.79 Å². The molecule has 2 amide bonds. The van der Waals surface area contributed by atoms with E-state index >= 15 is 0 Å². The summed E-state index contributed by atoms with van der Waals surface area (Å²) in [5.74, 6) is -4.46. The molecule has 19 heavy (non-hydrogen) atoms. The van der Waals surface area contributed by atoms with Crippen molar-refractivity contribution in [3.8, 4) is 0 Å². The minimum Gasteiger partial charge on any atom is -0.481 e. The number of amides is 2. The van der Waals surface area contributed by atoms with Crippen molar-refractivity contribution in [2.45, 2.75) is 31.3 Å². The third-order valence-corrected chi connectivity index (χ3v) is 2.96. The largest absolute Gasteiger partial charge is 0.481 e. The molecule has 0 aromatic heterocycles. The van der Waals surface area contributed by atoms with Gasteiger partial charge in [0.25, 0.3) is 0 Å². The Bertz CT molecular complexity index is 436. The summed E-state index contributed by atoms with van der Waals surface area (Å²) < 4.78 is 0. The predicted molar refractivity (Wildman–Crippen MR) is 59.5 cm³/mol. The highest BCUT2D eigenvalue weighted by atomic mass is 16.4. The van der Waals surface area contributed by atoms with Gasteiger partial charge in [0.2, 0.25) is 0 Å². The van der Waals surface area contributed by atoms with Gasteiger partial charge in [-0.2, -0.15) is 0 Å². The Labute approximate surface area is 107 Å². The van der Waals surface area contributed by atoms with Crippen LogP contribution in [-0.2, 0) is 14.4 Å². The van der Waals surface area contributed by atoms with Crippen LogP contribution in [0.2, 0.25) is 0 Å². The van der Waals surface area contributed by atoms with E-state index in [9.17, 15) is 19.2 Å². The van der Waals surface area contributed by atoms with E-state index in [1.54, 1.807) is 0 Å². The number of hydrogen-bond donors (Lipinski definition) is 5. The third-order valence-electron chi connectivity index (χ3n) is 2.96. The lowest BCUT2D eigenvalue weighted by molar-refractivity contribution is -0.141. The first kappa shape index (κ1) is 14.7. The maximum Gasteiger partial charge on any atom is 0.329 e. The van der Waals surface area contributed by atoms with Crippen molar-refractivity contribution in [1.82, 2.24) is 10.6 Å². The molecule has 1 fully saturated rings. The molecule has 0 spiro atoms. The van der Waals surface area contributed by atoms with Crippen molar-refractivity contribution >= 4 is 23.9 Å². The van der Waals surface area contributed by atoms with Gasteiger partial charge in [-0.25, -0.2) is 9.59 Å². The molecule has 9 heteroatoms. The Hall–Kier alpha value is -2.32. The molecule has 1 rings (SSSR count). The number of urea groups is 1. The minimum atomic E-state index is -1.62. The molecule has 0 aliphatic heterocycles. The lowest BCUT2D eigenvalue weighted by Crippen LogP contribution is -2.52. The van der Waals surface area contributed by atoms with E-state index in [0.29, 0.717) is 0 Å². The summed E-state index contributed by atoms with van der Waals surface area (Å²) in [4.78, 5) is 43.6. The van der Waals surface area contributed by atoms with Gasteiger partial charge in [-0.3, -0.25) is 9.59 Å². The molecule has 106 valence electrons. The number of carbonyl (C=O) groups is 4. The highest BCUT2D eigenvalue weighted by Crippen LogP contribution is 2.46. The molecule has 1 aliphatic rings. The summed E-state index contributed by atoms with van der Waals surface area (Å²) in [6.07, 6.45) is -0.370. The number of carboxylic acids is 3. The molecular weight excluding hydrogens is 260 g/mol. The number of rotatable bonds is 6. The predicted octanol–water partition coefficient (Wildman–Crippen LogP) is -0.923. The fourth-order valence-electron chi connectivity index (χ4n) is 1.75. The Morgan fingerprint density at radius 1 is 1.26 bits per heavy atom. The van der Waals surface area contributed by atoms with Crippen molar-refractivity contribution < 1.29 is 34.5 Å². The van der Waals surface area contributed by atoms with Crippen LogP contribution in [0.25, 0.3) is 0 Å². The van der Waals surface area contributed by atoms with Gasteiger partial charge in [0, 0.05) is 5.92 Å². The molecule has 0 bridgehead atoms. The van der Waals surface area contributed by atoms with Gasteiger partial charge >= 0.3 is 23.9 Å². The zero-order valence-corrected chi connectivity index (χ0v) is 10.0. The first-order chi connectivity index (χ1) is 8.69. The summed E-state index contributed by atoms with van der Waals surface area (Å²) in [5.41, 5.74) is -1.62. The number of aliphatic carboxylic acids is 3. The molecule has 3 atom stereocenters. The first-order valence-electron chi connectivity index (χ1n) is 5.45. The molecular formula is C10H14N2O7. The van der Waals surface area contributed by atoms with Crippen molar-refractivity contribution in [1.29, 1.82) is 0 Å². The number of hydrogen-bond acceptors (Lipinski definition) is 4. The summed E-state index contributed by atoms with van der Waals surface area (Å²) in [6, 6.07) is -2.13. The smallest absolute Gasteiger partial charge is 0.329 e. The SMILES string of the molecule is C[C@H](NC(=O)NC1(C(=O)O)C[C@H]1CC(=O)O)C(=O)O. The van der Waals surface area contributed by atoms with Gasteiger partial charge in [0.15, 0.2) is 0 Å². The van der Waals surface area contributed by atoms with E-state index in [1.165, 1.54) is 6.92 Å². The van der Waals surface area contributed by atoms with Crippen LogP contribution in [0.3, 0.4) is 0 Å². The second-order valence-corrected chi connectivity index (χ2v) is 4.43. The van der Waals surface area contributed by atoms with Gasteiger partial charge in [0.05, 0.1) is 6.42 Å².